The molecule has 0 saturated carbocycles. The summed E-state index contributed by atoms with van der Waals surface area (Å²) in [6, 6.07) is 13.2. The van der Waals surface area contributed by atoms with E-state index < -0.39 is 0 Å². The maximum Gasteiger partial charge on any atom is 0.258 e. The van der Waals surface area contributed by atoms with Crippen molar-refractivity contribution in [3.63, 3.8) is 0 Å². The number of aromatic nitrogens is 2. The highest BCUT2D eigenvalue weighted by Gasteiger charge is 2.19. The first-order valence-corrected chi connectivity index (χ1v) is 8.37. The molecule has 0 bridgehead atoms. The third-order valence-electron chi connectivity index (χ3n) is 4.16. The van der Waals surface area contributed by atoms with E-state index in [0.29, 0.717) is 33.1 Å². The van der Waals surface area contributed by atoms with Crippen molar-refractivity contribution in [2.24, 2.45) is 0 Å². The highest BCUT2D eigenvalue weighted by atomic mass is 35.5. The van der Waals surface area contributed by atoms with Crippen LogP contribution in [0.15, 0.2) is 59.3 Å². The highest BCUT2D eigenvalue weighted by molar-refractivity contribution is 6.30. The number of benzene rings is 2. The van der Waals surface area contributed by atoms with Gasteiger partial charge in [0.25, 0.3) is 5.71 Å². The summed E-state index contributed by atoms with van der Waals surface area (Å²) in [5, 5.41) is 15.3. The number of phenolic OH excluding ortho intramolecular Hbond substituents is 1. The molecule has 0 aliphatic carbocycles. The lowest BCUT2D eigenvalue weighted by Gasteiger charge is -2.06. The van der Waals surface area contributed by atoms with Gasteiger partial charge in [-0.15, -0.1) is 0 Å². The van der Waals surface area contributed by atoms with Gasteiger partial charge in [0.1, 0.15) is 17.2 Å². The zero-order chi connectivity index (χ0) is 19.0. The van der Waals surface area contributed by atoms with E-state index >= 15 is 0 Å². The van der Waals surface area contributed by atoms with Gasteiger partial charge in [-0.05, 0) is 36.4 Å². The molecule has 0 spiro atoms. The van der Waals surface area contributed by atoms with Crippen LogP contribution in [-0.4, -0.2) is 28.1 Å². The second-order valence-corrected chi connectivity index (χ2v) is 6.26. The quantitative estimate of drug-likeness (QED) is 0.525. The number of ether oxygens (including phenoxy) is 1. The van der Waals surface area contributed by atoms with Crippen molar-refractivity contribution in [1.82, 2.24) is 10.1 Å². The third kappa shape index (κ3) is 3.11. The fourth-order valence-electron chi connectivity index (χ4n) is 2.75. The normalized spacial score (nSPS) is 10.9. The number of hydrogen-bond donors (Lipinski definition) is 1. The second kappa shape index (κ2) is 6.74. The summed E-state index contributed by atoms with van der Waals surface area (Å²) in [6.07, 6.45) is 1.39. The molecular formula is C20H13ClN2O4. The number of nitrogens with zero attached hydrogens (tertiary/aromatic N) is 2. The summed E-state index contributed by atoms with van der Waals surface area (Å²) in [5.41, 5.74) is 2.07. The molecule has 134 valence electrons. The first-order chi connectivity index (χ1) is 13.1. The number of aromatic hydroxyl groups is 1. The fourth-order valence-corrected chi connectivity index (χ4v) is 2.88. The molecule has 0 radical (unpaired) electrons. The SMILES string of the molecule is COc1ccc(O)c(C(=O)c2cnc3onc(-c4ccc(Cl)cc4)c3c2)c1. The van der Waals surface area contributed by atoms with Gasteiger partial charge in [0.15, 0.2) is 5.78 Å². The van der Waals surface area contributed by atoms with Gasteiger partial charge in [-0.3, -0.25) is 4.79 Å². The number of rotatable bonds is 4. The number of halogens is 1. The van der Waals surface area contributed by atoms with Crippen molar-refractivity contribution in [3.8, 4) is 22.8 Å². The van der Waals surface area contributed by atoms with Crippen LogP contribution in [0.3, 0.4) is 0 Å². The van der Waals surface area contributed by atoms with Gasteiger partial charge < -0.3 is 14.4 Å². The molecule has 27 heavy (non-hydrogen) atoms. The lowest BCUT2D eigenvalue weighted by molar-refractivity contribution is 0.103. The maximum atomic E-state index is 12.9. The molecule has 2 heterocycles. The Morgan fingerprint density at radius 3 is 2.67 bits per heavy atom. The van der Waals surface area contributed by atoms with E-state index in [-0.39, 0.29) is 17.1 Å². The Kier molecular flexibility index (Phi) is 4.25. The van der Waals surface area contributed by atoms with Crippen molar-refractivity contribution in [1.29, 1.82) is 0 Å². The molecule has 0 aliphatic rings. The van der Waals surface area contributed by atoms with Gasteiger partial charge in [-0.25, -0.2) is 4.98 Å². The minimum atomic E-state index is -0.385. The van der Waals surface area contributed by atoms with Crippen LogP contribution in [0.1, 0.15) is 15.9 Å². The molecule has 0 fully saturated rings. The standard InChI is InChI=1S/C20H13ClN2O4/c1-26-14-6-7-17(24)15(9-14)19(25)12-8-16-18(23-27-20(16)22-10-12)11-2-4-13(21)5-3-11/h2-10,24H,1H3. The van der Waals surface area contributed by atoms with Crippen LogP contribution in [0.4, 0.5) is 0 Å². The number of methoxy groups -OCH3 is 1. The smallest absolute Gasteiger partial charge is 0.258 e. The topological polar surface area (TPSA) is 85.5 Å². The molecule has 0 unspecified atom stereocenters. The van der Waals surface area contributed by atoms with E-state index in [4.69, 9.17) is 20.9 Å². The van der Waals surface area contributed by atoms with Gasteiger partial charge in [0.05, 0.1) is 18.1 Å². The number of pyridine rings is 1. The Morgan fingerprint density at radius 1 is 1.15 bits per heavy atom. The zero-order valence-corrected chi connectivity index (χ0v) is 14.9. The first kappa shape index (κ1) is 17.1. The van der Waals surface area contributed by atoms with Crippen LogP contribution in [0, 0.1) is 0 Å². The highest BCUT2D eigenvalue weighted by Crippen LogP contribution is 2.30. The van der Waals surface area contributed by atoms with Gasteiger partial charge in [-0.1, -0.05) is 28.9 Å². The minimum absolute atomic E-state index is 0.125. The van der Waals surface area contributed by atoms with Crippen LogP contribution >= 0.6 is 11.6 Å². The molecule has 1 N–H and O–H groups in total. The summed E-state index contributed by atoms with van der Waals surface area (Å²) in [6.45, 7) is 0. The largest absolute Gasteiger partial charge is 0.507 e. The van der Waals surface area contributed by atoms with Crippen molar-refractivity contribution in [3.05, 3.63) is 70.9 Å². The first-order valence-electron chi connectivity index (χ1n) is 8.00. The molecule has 0 aliphatic heterocycles. The molecule has 6 nitrogen and oxygen atoms in total. The summed E-state index contributed by atoms with van der Waals surface area (Å²) in [4.78, 5) is 17.0. The monoisotopic (exact) mass is 380 g/mol. The van der Waals surface area contributed by atoms with Crippen LogP contribution in [0.2, 0.25) is 5.02 Å². The van der Waals surface area contributed by atoms with Crippen molar-refractivity contribution >= 4 is 28.5 Å². The number of hydrogen-bond acceptors (Lipinski definition) is 6. The van der Waals surface area contributed by atoms with Gasteiger partial charge in [0.2, 0.25) is 0 Å². The fraction of sp³-hybridized carbons (Fsp3) is 0.0500. The van der Waals surface area contributed by atoms with Crippen molar-refractivity contribution in [2.75, 3.05) is 7.11 Å². The summed E-state index contributed by atoms with van der Waals surface area (Å²) in [7, 11) is 1.49. The van der Waals surface area contributed by atoms with Gasteiger partial charge in [0, 0.05) is 22.3 Å². The van der Waals surface area contributed by atoms with Crippen molar-refractivity contribution < 1.29 is 19.2 Å². The Bertz CT molecular complexity index is 1150. The average Bonchev–Trinajstić information content (AvgIpc) is 3.11. The van der Waals surface area contributed by atoms with Crippen molar-refractivity contribution in [2.45, 2.75) is 0 Å². The zero-order valence-electron chi connectivity index (χ0n) is 14.1. The molecule has 0 amide bonds. The molecule has 4 rings (SSSR count). The lowest BCUT2D eigenvalue weighted by Crippen LogP contribution is -2.03. The summed E-state index contributed by atoms with van der Waals surface area (Å²) in [5.74, 6) is -0.0507. The average molecular weight is 381 g/mol. The molecule has 2 aromatic heterocycles. The Morgan fingerprint density at radius 2 is 1.93 bits per heavy atom. The number of ketones is 1. The number of carbonyl (C=O) groups is 1. The van der Waals surface area contributed by atoms with Crippen LogP contribution in [0.5, 0.6) is 11.5 Å². The predicted molar refractivity (Wildman–Crippen MR) is 100 cm³/mol. The minimum Gasteiger partial charge on any atom is -0.507 e. The predicted octanol–water partition coefficient (Wildman–Crippen LogP) is 4.49. The van der Waals surface area contributed by atoms with Crippen LogP contribution < -0.4 is 4.74 Å². The summed E-state index contributed by atoms with van der Waals surface area (Å²) < 4.78 is 10.4. The Hall–Kier alpha value is -3.38. The van der Waals surface area contributed by atoms with E-state index in [1.165, 1.54) is 25.4 Å². The molecule has 4 aromatic rings. The maximum absolute atomic E-state index is 12.9. The molecular weight excluding hydrogens is 368 g/mol. The number of fused-ring (bicyclic) bond motifs is 1. The third-order valence-corrected chi connectivity index (χ3v) is 4.41. The van der Waals surface area contributed by atoms with Gasteiger partial charge in [-0.2, -0.15) is 0 Å². The number of phenols is 1. The molecule has 7 heteroatoms. The molecule has 0 atom stereocenters. The van der Waals surface area contributed by atoms with E-state index in [2.05, 4.69) is 10.1 Å². The van der Waals surface area contributed by atoms with Gasteiger partial charge >= 0.3 is 0 Å². The van der Waals surface area contributed by atoms with Crippen LogP contribution in [0.25, 0.3) is 22.4 Å². The lowest BCUT2D eigenvalue weighted by atomic mass is 10.0. The molecule has 2 aromatic carbocycles. The van der Waals surface area contributed by atoms with E-state index in [0.717, 1.165) is 5.56 Å². The van der Waals surface area contributed by atoms with E-state index in [1.807, 2.05) is 12.1 Å². The number of carbonyl (C=O) groups excluding carboxylic acids is 1. The summed E-state index contributed by atoms with van der Waals surface area (Å²) >= 11 is 5.93. The molecule has 0 saturated heterocycles. The second-order valence-electron chi connectivity index (χ2n) is 5.83. The Labute approximate surface area is 159 Å². The van der Waals surface area contributed by atoms with E-state index in [9.17, 15) is 9.90 Å². The van der Waals surface area contributed by atoms with E-state index in [1.54, 1.807) is 24.3 Å². The van der Waals surface area contributed by atoms with Crippen LogP contribution in [-0.2, 0) is 0 Å². The Balaban J connectivity index is 1.80.